The van der Waals surface area contributed by atoms with Gasteiger partial charge in [0.25, 0.3) is 0 Å². The third-order valence-corrected chi connectivity index (χ3v) is 2.73. The summed E-state index contributed by atoms with van der Waals surface area (Å²) in [6, 6.07) is 1.85. The largest absolute Gasteiger partial charge is 0.444 e. The minimum absolute atomic E-state index is 0.0388. The Morgan fingerprint density at radius 3 is 2.67 bits per heavy atom. The number of hydrogen-bond acceptors (Lipinski definition) is 4. The molecule has 0 bridgehead atoms. The van der Waals surface area contributed by atoms with Crippen molar-refractivity contribution in [1.29, 1.82) is 5.26 Å². The molecule has 1 fully saturated rings. The van der Waals surface area contributed by atoms with Crippen LogP contribution < -0.4 is 0 Å². The molecular formula is C13H20N2O3. The lowest BCUT2D eigenvalue weighted by molar-refractivity contribution is -0.118. The van der Waals surface area contributed by atoms with E-state index >= 15 is 0 Å². The lowest BCUT2D eigenvalue weighted by Gasteiger charge is -2.24. The molecule has 1 saturated heterocycles. The zero-order valence-electron chi connectivity index (χ0n) is 11.2. The van der Waals surface area contributed by atoms with E-state index in [1.54, 1.807) is 4.90 Å². The number of rotatable bonds is 3. The molecule has 1 rings (SSSR count). The van der Waals surface area contributed by atoms with Gasteiger partial charge in [0.15, 0.2) is 0 Å². The minimum Gasteiger partial charge on any atom is -0.444 e. The van der Waals surface area contributed by atoms with Crippen LogP contribution in [0.4, 0.5) is 4.79 Å². The summed E-state index contributed by atoms with van der Waals surface area (Å²) in [4.78, 5) is 24.8. The van der Waals surface area contributed by atoms with Crippen LogP contribution in [0, 0.1) is 17.2 Å². The van der Waals surface area contributed by atoms with Gasteiger partial charge in [0.1, 0.15) is 11.4 Å². The van der Waals surface area contributed by atoms with Crippen LogP contribution in [-0.2, 0) is 9.53 Å². The zero-order chi connectivity index (χ0) is 13.8. The molecule has 1 amide bonds. The van der Waals surface area contributed by atoms with Gasteiger partial charge in [-0.15, -0.1) is 0 Å². The van der Waals surface area contributed by atoms with Gasteiger partial charge in [0.2, 0.25) is 0 Å². The van der Waals surface area contributed by atoms with E-state index in [0.717, 1.165) is 6.42 Å². The molecular weight excluding hydrogens is 232 g/mol. The van der Waals surface area contributed by atoms with Crippen LogP contribution in [0.15, 0.2) is 0 Å². The molecule has 18 heavy (non-hydrogen) atoms. The Balaban J connectivity index is 2.40. The van der Waals surface area contributed by atoms with Crippen LogP contribution in [0.5, 0.6) is 0 Å². The Morgan fingerprint density at radius 1 is 1.44 bits per heavy atom. The molecule has 100 valence electrons. The smallest absolute Gasteiger partial charge is 0.410 e. The van der Waals surface area contributed by atoms with Crippen molar-refractivity contribution < 1.29 is 14.3 Å². The van der Waals surface area contributed by atoms with Gasteiger partial charge in [0, 0.05) is 19.5 Å². The van der Waals surface area contributed by atoms with E-state index < -0.39 is 5.60 Å². The number of carbonyl (C=O) groups is 2. The number of nitriles is 1. The summed E-state index contributed by atoms with van der Waals surface area (Å²) in [5.41, 5.74) is -0.494. The van der Waals surface area contributed by atoms with Crippen molar-refractivity contribution in [3.8, 4) is 6.07 Å². The quantitative estimate of drug-likeness (QED) is 0.771. The Hall–Kier alpha value is -1.57. The number of carbonyl (C=O) groups excluding carboxylic acids is 2. The van der Waals surface area contributed by atoms with E-state index in [9.17, 15) is 9.59 Å². The predicted octanol–water partition coefficient (Wildman–Crippen LogP) is 2.12. The summed E-state index contributed by atoms with van der Waals surface area (Å²) in [7, 11) is 0. The highest BCUT2D eigenvalue weighted by molar-refractivity contribution is 5.80. The van der Waals surface area contributed by atoms with Crippen LogP contribution >= 0.6 is 0 Å². The van der Waals surface area contributed by atoms with Gasteiger partial charge in [-0.3, -0.25) is 4.79 Å². The number of ether oxygens (including phenoxy) is 1. The fraction of sp³-hybridized carbons (Fsp3) is 0.769. The number of hydrogen-bond donors (Lipinski definition) is 0. The maximum atomic E-state index is 11.8. The second kappa shape index (κ2) is 5.85. The second-order valence-electron chi connectivity index (χ2n) is 5.66. The molecule has 0 aromatic heterocycles. The van der Waals surface area contributed by atoms with Crippen molar-refractivity contribution >= 4 is 11.9 Å². The van der Waals surface area contributed by atoms with Gasteiger partial charge in [-0.1, -0.05) is 0 Å². The first-order valence-corrected chi connectivity index (χ1v) is 6.18. The summed E-state index contributed by atoms with van der Waals surface area (Å²) in [5.74, 6) is 0.118. The van der Waals surface area contributed by atoms with E-state index in [0.29, 0.717) is 19.5 Å². The fourth-order valence-corrected chi connectivity index (χ4v) is 1.97. The third-order valence-electron chi connectivity index (χ3n) is 2.73. The SMILES string of the molecule is CC(C)(C)OC(=O)N1CCC(CC(=O)CC#N)C1. The monoisotopic (exact) mass is 252 g/mol. The molecule has 1 aliphatic rings. The Morgan fingerprint density at radius 2 is 2.11 bits per heavy atom. The molecule has 0 spiro atoms. The lowest BCUT2D eigenvalue weighted by Crippen LogP contribution is -2.35. The molecule has 1 atom stereocenters. The Bertz CT molecular complexity index is 365. The maximum Gasteiger partial charge on any atom is 0.410 e. The standard InChI is InChI=1S/C13H20N2O3/c1-13(2,3)18-12(17)15-7-5-10(9-15)8-11(16)4-6-14/h10H,4-5,7-9H2,1-3H3. The number of Topliss-reactive ketones (excluding diaryl/α,β-unsaturated/α-hetero) is 1. The minimum atomic E-state index is -0.494. The maximum absolute atomic E-state index is 11.8. The first-order chi connectivity index (χ1) is 8.31. The Labute approximate surface area is 108 Å². The van der Waals surface area contributed by atoms with Crippen LogP contribution in [0.3, 0.4) is 0 Å². The zero-order valence-corrected chi connectivity index (χ0v) is 11.2. The van der Waals surface area contributed by atoms with Gasteiger partial charge in [-0.05, 0) is 33.1 Å². The van der Waals surface area contributed by atoms with Gasteiger partial charge in [-0.25, -0.2) is 4.79 Å². The molecule has 5 nitrogen and oxygen atoms in total. The van der Waals surface area contributed by atoms with Crippen LogP contribution in [0.1, 0.15) is 40.0 Å². The van der Waals surface area contributed by atoms with Gasteiger partial charge in [-0.2, -0.15) is 5.26 Å². The van der Waals surface area contributed by atoms with Crippen LogP contribution in [0.25, 0.3) is 0 Å². The molecule has 0 N–H and O–H groups in total. The first-order valence-electron chi connectivity index (χ1n) is 6.18. The molecule has 1 unspecified atom stereocenters. The van der Waals surface area contributed by atoms with Crippen molar-refractivity contribution in [2.75, 3.05) is 13.1 Å². The average Bonchev–Trinajstić information content (AvgIpc) is 2.63. The van der Waals surface area contributed by atoms with Crippen LogP contribution in [-0.4, -0.2) is 35.5 Å². The van der Waals surface area contributed by atoms with E-state index in [1.807, 2.05) is 26.8 Å². The Kier molecular flexibility index (Phi) is 4.71. The number of nitrogens with zero attached hydrogens (tertiary/aromatic N) is 2. The highest BCUT2D eigenvalue weighted by atomic mass is 16.6. The van der Waals surface area contributed by atoms with E-state index in [-0.39, 0.29) is 24.2 Å². The molecule has 1 aliphatic heterocycles. The molecule has 0 saturated carbocycles. The average molecular weight is 252 g/mol. The van der Waals surface area contributed by atoms with Crippen molar-refractivity contribution in [1.82, 2.24) is 4.90 Å². The topological polar surface area (TPSA) is 70.4 Å². The number of ketones is 1. The van der Waals surface area contributed by atoms with Crippen molar-refractivity contribution in [2.45, 2.75) is 45.6 Å². The van der Waals surface area contributed by atoms with Gasteiger partial charge >= 0.3 is 6.09 Å². The lowest BCUT2D eigenvalue weighted by atomic mass is 10.0. The van der Waals surface area contributed by atoms with Crippen molar-refractivity contribution in [3.63, 3.8) is 0 Å². The third kappa shape index (κ3) is 4.74. The summed E-state index contributed by atoms with van der Waals surface area (Å²) in [6.07, 6.45) is 0.824. The molecule has 1 heterocycles. The highest BCUT2D eigenvalue weighted by Crippen LogP contribution is 2.22. The summed E-state index contributed by atoms with van der Waals surface area (Å²) in [5, 5.41) is 8.42. The summed E-state index contributed by atoms with van der Waals surface area (Å²) in [6.45, 7) is 6.66. The molecule has 0 aromatic rings. The molecule has 0 radical (unpaired) electrons. The highest BCUT2D eigenvalue weighted by Gasteiger charge is 2.30. The number of likely N-dealkylation sites (tertiary alicyclic amines) is 1. The predicted molar refractivity (Wildman–Crippen MR) is 65.8 cm³/mol. The van der Waals surface area contributed by atoms with Crippen molar-refractivity contribution in [3.05, 3.63) is 0 Å². The first kappa shape index (κ1) is 14.5. The van der Waals surface area contributed by atoms with Gasteiger partial charge < -0.3 is 9.64 Å². The molecule has 5 heteroatoms. The molecule has 0 aliphatic carbocycles. The summed E-state index contributed by atoms with van der Waals surface area (Å²) >= 11 is 0. The molecule has 0 aromatic carbocycles. The normalized spacial score (nSPS) is 19.4. The van der Waals surface area contributed by atoms with E-state index in [4.69, 9.17) is 10.00 Å². The van der Waals surface area contributed by atoms with E-state index in [1.165, 1.54) is 0 Å². The van der Waals surface area contributed by atoms with Crippen molar-refractivity contribution in [2.24, 2.45) is 5.92 Å². The van der Waals surface area contributed by atoms with E-state index in [2.05, 4.69) is 0 Å². The van der Waals surface area contributed by atoms with Crippen LogP contribution in [0.2, 0.25) is 0 Å². The number of amides is 1. The van der Waals surface area contributed by atoms with Gasteiger partial charge in [0.05, 0.1) is 12.5 Å². The second-order valence-corrected chi connectivity index (χ2v) is 5.66. The summed E-state index contributed by atoms with van der Waals surface area (Å²) < 4.78 is 5.27. The fourth-order valence-electron chi connectivity index (χ4n) is 1.97.